The monoisotopic (exact) mass is 291 g/mol. The van der Waals surface area contributed by atoms with Gasteiger partial charge in [0.1, 0.15) is 5.82 Å². The maximum atomic E-state index is 13.6. The number of hydrogen-bond acceptors (Lipinski definition) is 2. The number of halogens is 4. The lowest BCUT2D eigenvalue weighted by Gasteiger charge is -2.30. The highest BCUT2D eigenvalue weighted by Gasteiger charge is 2.35. The molecule has 0 aliphatic carbocycles. The normalized spacial score (nSPS) is 21.8. The van der Waals surface area contributed by atoms with Gasteiger partial charge in [-0.15, -0.1) is 0 Å². The van der Waals surface area contributed by atoms with Crippen LogP contribution in [0.4, 0.5) is 17.6 Å². The van der Waals surface area contributed by atoms with E-state index in [2.05, 4.69) is 5.32 Å². The molecule has 1 aliphatic heterocycles. The standard InChI is InChI=1S/C14H17F4NO/c1-19-13(12-4-2-3-7-20-12)9-5-6-10(11(15)8-9)14(16,17)18/h5-6,8,12-13,19H,2-4,7H2,1H3. The topological polar surface area (TPSA) is 21.3 Å². The Balaban J connectivity index is 2.24. The summed E-state index contributed by atoms with van der Waals surface area (Å²) in [5, 5.41) is 3.00. The van der Waals surface area contributed by atoms with Crippen molar-refractivity contribution in [3.05, 3.63) is 35.1 Å². The second-order valence-corrected chi connectivity index (χ2v) is 4.91. The molecule has 1 aromatic carbocycles. The predicted molar refractivity (Wildman–Crippen MR) is 66.8 cm³/mol. The molecule has 0 radical (unpaired) electrons. The number of benzene rings is 1. The highest BCUT2D eigenvalue weighted by molar-refractivity contribution is 5.29. The van der Waals surface area contributed by atoms with E-state index in [1.165, 1.54) is 6.07 Å². The number of ether oxygens (including phenoxy) is 1. The number of nitrogens with one attached hydrogen (secondary N) is 1. The van der Waals surface area contributed by atoms with Gasteiger partial charge in [0.25, 0.3) is 0 Å². The van der Waals surface area contributed by atoms with Crippen LogP contribution in [-0.2, 0) is 10.9 Å². The van der Waals surface area contributed by atoms with Crippen LogP contribution in [0.25, 0.3) is 0 Å². The lowest BCUT2D eigenvalue weighted by atomic mass is 9.95. The molecule has 2 atom stereocenters. The summed E-state index contributed by atoms with van der Waals surface area (Å²) >= 11 is 0. The minimum atomic E-state index is -4.67. The van der Waals surface area contributed by atoms with Gasteiger partial charge in [0.05, 0.1) is 17.7 Å². The van der Waals surface area contributed by atoms with Crippen molar-refractivity contribution in [2.75, 3.05) is 13.7 Å². The molecule has 2 rings (SSSR count). The molecule has 2 unspecified atom stereocenters. The Morgan fingerprint density at radius 3 is 2.55 bits per heavy atom. The quantitative estimate of drug-likeness (QED) is 0.858. The van der Waals surface area contributed by atoms with Gasteiger partial charge in [-0.1, -0.05) is 6.07 Å². The smallest absolute Gasteiger partial charge is 0.376 e. The predicted octanol–water partition coefficient (Wildman–Crippen LogP) is 3.67. The van der Waals surface area contributed by atoms with Crippen LogP contribution in [0.5, 0.6) is 0 Å². The van der Waals surface area contributed by atoms with Gasteiger partial charge < -0.3 is 10.1 Å². The molecule has 0 amide bonds. The molecule has 20 heavy (non-hydrogen) atoms. The average Bonchev–Trinajstić information content (AvgIpc) is 2.39. The van der Waals surface area contributed by atoms with Gasteiger partial charge in [0.2, 0.25) is 0 Å². The summed E-state index contributed by atoms with van der Waals surface area (Å²) in [6.45, 7) is 0.631. The van der Waals surface area contributed by atoms with Gasteiger partial charge in [0, 0.05) is 6.61 Å². The summed E-state index contributed by atoms with van der Waals surface area (Å²) in [4.78, 5) is 0. The summed E-state index contributed by atoms with van der Waals surface area (Å²) in [5.74, 6) is -1.24. The number of likely N-dealkylation sites (N-methyl/N-ethyl adjacent to an activating group) is 1. The first-order chi connectivity index (χ1) is 9.43. The van der Waals surface area contributed by atoms with Gasteiger partial charge in [-0.25, -0.2) is 4.39 Å². The van der Waals surface area contributed by atoms with Crippen LogP contribution in [0.1, 0.15) is 36.4 Å². The fourth-order valence-electron chi connectivity index (χ4n) is 2.55. The molecule has 0 bridgehead atoms. The third-order valence-electron chi connectivity index (χ3n) is 3.56. The molecule has 1 N–H and O–H groups in total. The maximum Gasteiger partial charge on any atom is 0.419 e. The highest BCUT2D eigenvalue weighted by atomic mass is 19.4. The SMILES string of the molecule is CNC(c1ccc(C(F)(F)F)c(F)c1)C1CCCCO1. The lowest BCUT2D eigenvalue weighted by Crippen LogP contribution is -2.34. The van der Waals surface area contributed by atoms with E-state index in [1.54, 1.807) is 7.05 Å². The Morgan fingerprint density at radius 1 is 1.30 bits per heavy atom. The highest BCUT2D eigenvalue weighted by Crippen LogP contribution is 2.34. The van der Waals surface area contributed by atoms with Crippen molar-refractivity contribution in [2.24, 2.45) is 0 Å². The second-order valence-electron chi connectivity index (χ2n) is 4.91. The van der Waals surface area contributed by atoms with E-state index in [0.29, 0.717) is 12.2 Å². The van der Waals surface area contributed by atoms with Gasteiger partial charge in [-0.2, -0.15) is 13.2 Å². The zero-order valence-corrected chi connectivity index (χ0v) is 11.1. The Kier molecular flexibility index (Phi) is 4.65. The zero-order chi connectivity index (χ0) is 14.8. The molecule has 1 aliphatic rings. The van der Waals surface area contributed by atoms with Crippen molar-refractivity contribution in [1.82, 2.24) is 5.32 Å². The van der Waals surface area contributed by atoms with Crippen molar-refractivity contribution in [1.29, 1.82) is 0 Å². The fraction of sp³-hybridized carbons (Fsp3) is 0.571. The van der Waals surface area contributed by atoms with Gasteiger partial charge in [-0.3, -0.25) is 0 Å². The molecule has 0 aromatic heterocycles. The summed E-state index contributed by atoms with van der Waals surface area (Å²) in [6.07, 6.45) is -2.00. The molecule has 1 aromatic rings. The largest absolute Gasteiger partial charge is 0.419 e. The van der Waals surface area contributed by atoms with Gasteiger partial charge in [-0.05, 0) is 44.0 Å². The Morgan fingerprint density at radius 2 is 2.05 bits per heavy atom. The first-order valence-electron chi connectivity index (χ1n) is 6.59. The average molecular weight is 291 g/mol. The van der Waals surface area contributed by atoms with E-state index in [-0.39, 0.29) is 12.1 Å². The molecular formula is C14H17F4NO. The van der Waals surface area contributed by atoms with E-state index >= 15 is 0 Å². The third-order valence-corrected chi connectivity index (χ3v) is 3.56. The van der Waals surface area contributed by atoms with Crippen LogP contribution in [0.3, 0.4) is 0 Å². The maximum absolute atomic E-state index is 13.6. The fourth-order valence-corrected chi connectivity index (χ4v) is 2.55. The number of hydrogen-bond donors (Lipinski definition) is 1. The van der Waals surface area contributed by atoms with Gasteiger partial charge in [0.15, 0.2) is 0 Å². The summed E-state index contributed by atoms with van der Waals surface area (Å²) in [7, 11) is 1.69. The molecule has 1 saturated heterocycles. The molecule has 6 heteroatoms. The van der Waals surface area contributed by atoms with Crippen molar-refractivity contribution in [3.63, 3.8) is 0 Å². The van der Waals surface area contributed by atoms with Crippen molar-refractivity contribution in [2.45, 2.75) is 37.6 Å². The van der Waals surface area contributed by atoms with Crippen LogP contribution >= 0.6 is 0 Å². The zero-order valence-electron chi connectivity index (χ0n) is 11.1. The van der Waals surface area contributed by atoms with Crippen molar-refractivity contribution in [3.8, 4) is 0 Å². The Bertz CT molecular complexity index is 455. The molecule has 0 spiro atoms. The minimum absolute atomic E-state index is 0.134. The summed E-state index contributed by atoms with van der Waals surface area (Å²) in [5.41, 5.74) is -0.759. The molecular weight excluding hydrogens is 274 g/mol. The van der Waals surface area contributed by atoms with E-state index in [4.69, 9.17) is 4.74 Å². The van der Waals surface area contributed by atoms with E-state index in [0.717, 1.165) is 31.4 Å². The third kappa shape index (κ3) is 3.30. The second kappa shape index (κ2) is 6.10. The van der Waals surface area contributed by atoms with Gasteiger partial charge >= 0.3 is 6.18 Å². The number of alkyl halides is 3. The molecule has 112 valence electrons. The molecule has 1 heterocycles. The first-order valence-corrected chi connectivity index (χ1v) is 6.59. The van der Waals surface area contributed by atoms with E-state index < -0.39 is 17.6 Å². The van der Waals surface area contributed by atoms with E-state index in [1.807, 2.05) is 0 Å². The van der Waals surface area contributed by atoms with Crippen LogP contribution in [0.15, 0.2) is 18.2 Å². The first kappa shape index (κ1) is 15.3. The van der Waals surface area contributed by atoms with Crippen LogP contribution in [0.2, 0.25) is 0 Å². The summed E-state index contributed by atoms with van der Waals surface area (Å²) < 4.78 is 56.9. The Labute approximate surface area is 115 Å². The summed E-state index contributed by atoms with van der Waals surface area (Å²) in [6, 6.07) is 2.75. The molecule has 2 nitrogen and oxygen atoms in total. The molecule has 0 saturated carbocycles. The van der Waals surface area contributed by atoms with E-state index in [9.17, 15) is 17.6 Å². The van der Waals surface area contributed by atoms with Crippen LogP contribution in [0, 0.1) is 5.82 Å². The Hall–Kier alpha value is -1.14. The minimum Gasteiger partial charge on any atom is -0.376 e. The van der Waals surface area contributed by atoms with Crippen LogP contribution in [-0.4, -0.2) is 19.8 Å². The van der Waals surface area contributed by atoms with Crippen molar-refractivity contribution < 1.29 is 22.3 Å². The number of rotatable bonds is 3. The van der Waals surface area contributed by atoms with Crippen LogP contribution < -0.4 is 5.32 Å². The van der Waals surface area contributed by atoms with Crippen molar-refractivity contribution >= 4 is 0 Å². The lowest BCUT2D eigenvalue weighted by molar-refractivity contribution is -0.140. The molecule has 1 fully saturated rings.